The van der Waals surface area contributed by atoms with E-state index in [1.165, 1.54) is 5.56 Å². The summed E-state index contributed by atoms with van der Waals surface area (Å²) < 4.78 is 5.76. The Kier molecular flexibility index (Phi) is 5.09. The van der Waals surface area contributed by atoms with Crippen molar-refractivity contribution in [3.05, 3.63) is 58.1 Å². The van der Waals surface area contributed by atoms with Gasteiger partial charge in [0, 0.05) is 10.7 Å². The molecule has 0 aromatic heterocycles. The average Bonchev–Trinajstić information content (AvgIpc) is 2.44. The molecular weight excluding hydrogens is 298 g/mol. The minimum Gasteiger partial charge on any atom is -0.481 e. The van der Waals surface area contributed by atoms with Crippen LogP contribution in [0, 0.1) is 20.8 Å². The second-order valence-corrected chi connectivity index (χ2v) is 5.91. The third-order valence-electron chi connectivity index (χ3n) is 3.45. The number of halogens is 1. The molecule has 0 aliphatic carbocycles. The summed E-state index contributed by atoms with van der Waals surface area (Å²) in [7, 11) is 0. The van der Waals surface area contributed by atoms with Gasteiger partial charge in [0.05, 0.1) is 0 Å². The Balaban J connectivity index is 2.05. The van der Waals surface area contributed by atoms with E-state index in [9.17, 15) is 4.79 Å². The van der Waals surface area contributed by atoms with E-state index in [1.54, 1.807) is 19.1 Å². The molecule has 2 rings (SSSR count). The molecule has 0 aliphatic heterocycles. The van der Waals surface area contributed by atoms with Gasteiger partial charge >= 0.3 is 0 Å². The lowest BCUT2D eigenvalue weighted by Crippen LogP contribution is -2.30. The molecule has 0 fully saturated rings. The first-order valence-corrected chi connectivity index (χ1v) is 7.55. The summed E-state index contributed by atoms with van der Waals surface area (Å²) in [5.74, 6) is 0.534. The molecule has 0 saturated heterocycles. The topological polar surface area (TPSA) is 38.3 Å². The van der Waals surface area contributed by atoms with Crippen LogP contribution in [0.4, 0.5) is 5.69 Å². The van der Waals surface area contributed by atoms with Gasteiger partial charge in [-0.15, -0.1) is 0 Å². The highest BCUT2D eigenvalue weighted by atomic mass is 35.5. The Hall–Kier alpha value is -2.00. The van der Waals surface area contributed by atoms with Gasteiger partial charge in [0.2, 0.25) is 0 Å². The zero-order valence-corrected chi connectivity index (χ0v) is 14.0. The van der Waals surface area contributed by atoms with Gasteiger partial charge in [-0.1, -0.05) is 29.3 Å². The van der Waals surface area contributed by atoms with Crippen molar-refractivity contribution in [3.63, 3.8) is 0 Å². The second kappa shape index (κ2) is 6.84. The fourth-order valence-corrected chi connectivity index (χ4v) is 2.40. The number of ether oxygens (including phenoxy) is 1. The number of rotatable bonds is 4. The highest BCUT2D eigenvalue weighted by Gasteiger charge is 2.16. The molecule has 1 N–H and O–H groups in total. The van der Waals surface area contributed by atoms with Gasteiger partial charge in [-0.05, 0) is 63.1 Å². The summed E-state index contributed by atoms with van der Waals surface area (Å²) in [6.45, 7) is 7.63. The predicted octanol–water partition coefficient (Wildman–Crippen LogP) is 4.67. The Morgan fingerprint density at radius 1 is 1.09 bits per heavy atom. The summed E-state index contributed by atoms with van der Waals surface area (Å²) >= 11 is 5.92. The number of aryl methyl sites for hydroxylation is 3. The first kappa shape index (κ1) is 16.4. The summed E-state index contributed by atoms with van der Waals surface area (Å²) in [6.07, 6.45) is -0.587. The Morgan fingerprint density at radius 3 is 2.45 bits per heavy atom. The molecule has 0 saturated carbocycles. The molecule has 22 heavy (non-hydrogen) atoms. The highest BCUT2D eigenvalue weighted by Crippen LogP contribution is 2.22. The first-order valence-electron chi connectivity index (χ1n) is 7.18. The zero-order chi connectivity index (χ0) is 16.3. The maximum absolute atomic E-state index is 12.3. The number of carbonyl (C=O) groups excluding carboxylic acids is 1. The molecule has 0 spiro atoms. The third kappa shape index (κ3) is 4.01. The lowest BCUT2D eigenvalue weighted by molar-refractivity contribution is -0.122. The van der Waals surface area contributed by atoms with Crippen LogP contribution in [-0.2, 0) is 4.79 Å². The van der Waals surface area contributed by atoms with Crippen LogP contribution in [0.15, 0.2) is 36.4 Å². The zero-order valence-electron chi connectivity index (χ0n) is 13.2. The van der Waals surface area contributed by atoms with E-state index >= 15 is 0 Å². The molecule has 0 heterocycles. The first-order chi connectivity index (χ1) is 10.4. The molecular formula is C18H20ClNO2. The van der Waals surface area contributed by atoms with Crippen molar-refractivity contribution in [1.29, 1.82) is 0 Å². The lowest BCUT2D eigenvalue weighted by Gasteiger charge is -2.17. The van der Waals surface area contributed by atoms with Gasteiger partial charge < -0.3 is 10.1 Å². The van der Waals surface area contributed by atoms with Crippen LogP contribution in [0.5, 0.6) is 5.75 Å². The standard InChI is InChI=1S/C18H20ClNO2/c1-11-5-8-17(13(3)9-11)22-14(4)18(21)20-16-7-6-15(19)10-12(16)2/h5-10,14H,1-4H3,(H,20,21)/t14-/m0/s1. The molecule has 0 aliphatic rings. The van der Waals surface area contributed by atoms with Crippen molar-refractivity contribution >= 4 is 23.2 Å². The van der Waals surface area contributed by atoms with Crippen LogP contribution in [0.1, 0.15) is 23.6 Å². The van der Waals surface area contributed by atoms with Gasteiger partial charge in [-0.25, -0.2) is 0 Å². The van der Waals surface area contributed by atoms with Gasteiger partial charge in [0.25, 0.3) is 5.91 Å². The number of amides is 1. The van der Waals surface area contributed by atoms with E-state index in [0.29, 0.717) is 5.02 Å². The molecule has 1 atom stereocenters. The quantitative estimate of drug-likeness (QED) is 0.889. The number of benzene rings is 2. The van der Waals surface area contributed by atoms with E-state index in [-0.39, 0.29) is 5.91 Å². The highest BCUT2D eigenvalue weighted by molar-refractivity contribution is 6.30. The minimum atomic E-state index is -0.587. The third-order valence-corrected chi connectivity index (χ3v) is 3.68. The van der Waals surface area contributed by atoms with Crippen molar-refractivity contribution in [2.24, 2.45) is 0 Å². The average molecular weight is 318 g/mol. The van der Waals surface area contributed by atoms with Crippen LogP contribution < -0.4 is 10.1 Å². The fraction of sp³-hybridized carbons (Fsp3) is 0.278. The van der Waals surface area contributed by atoms with Crippen molar-refractivity contribution in [2.75, 3.05) is 5.32 Å². The van der Waals surface area contributed by atoms with Crippen molar-refractivity contribution in [1.82, 2.24) is 0 Å². The largest absolute Gasteiger partial charge is 0.481 e. The Bertz CT molecular complexity index is 697. The van der Waals surface area contributed by atoms with E-state index in [1.807, 2.05) is 45.0 Å². The maximum Gasteiger partial charge on any atom is 0.265 e. The normalized spacial score (nSPS) is 11.9. The van der Waals surface area contributed by atoms with Crippen molar-refractivity contribution in [2.45, 2.75) is 33.8 Å². The van der Waals surface area contributed by atoms with Gasteiger partial charge in [0.15, 0.2) is 6.10 Å². The van der Waals surface area contributed by atoms with Crippen LogP contribution in [0.3, 0.4) is 0 Å². The number of anilines is 1. The van der Waals surface area contributed by atoms with E-state index in [0.717, 1.165) is 22.6 Å². The Morgan fingerprint density at radius 2 is 1.82 bits per heavy atom. The molecule has 0 bridgehead atoms. The number of hydrogen-bond donors (Lipinski definition) is 1. The van der Waals surface area contributed by atoms with Crippen molar-refractivity contribution < 1.29 is 9.53 Å². The van der Waals surface area contributed by atoms with Crippen LogP contribution in [0.25, 0.3) is 0 Å². The molecule has 4 heteroatoms. The summed E-state index contributed by atoms with van der Waals surface area (Å²) in [6, 6.07) is 11.2. The van der Waals surface area contributed by atoms with Gasteiger partial charge in [-0.3, -0.25) is 4.79 Å². The monoisotopic (exact) mass is 317 g/mol. The Labute approximate surface area is 136 Å². The minimum absolute atomic E-state index is 0.189. The smallest absolute Gasteiger partial charge is 0.265 e. The number of carbonyl (C=O) groups is 1. The summed E-state index contributed by atoms with van der Waals surface area (Å²) in [5, 5.41) is 3.51. The number of hydrogen-bond acceptors (Lipinski definition) is 2. The molecule has 2 aromatic rings. The predicted molar refractivity (Wildman–Crippen MR) is 90.8 cm³/mol. The van der Waals surface area contributed by atoms with Crippen molar-refractivity contribution in [3.8, 4) is 5.75 Å². The molecule has 0 unspecified atom stereocenters. The molecule has 2 aromatic carbocycles. The summed E-state index contributed by atoms with van der Waals surface area (Å²) in [5.41, 5.74) is 3.84. The lowest BCUT2D eigenvalue weighted by atomic mass is 10.1. The molecule has 1 amide bonds. The van der Waals surface area contributed by atoms with Gasteiger partial charge in [0.1, 0.15) is 5.75 Å². The molecule has 3 nitrogen and oxygen atoms in total. The van der Waals surface area contributed by atoms with Crippen LogP contribution >= 0.6 is 11.6 Å². The SMILES string of the molecule is Cc1ccc(O[C@@H](C)C(=O)Nc2ccc(Cl)cc2C)c(C)c1. The van der Waals surface area contributed by atoms with E-state index in [2.05, 4.69) is 5.32 Å². The van der Waals surface area contributed by atoms with E-state index < -0.39 is 6.10 Å². The van der Waals surface area contributed by atoms with Crippen LogP contribution in [-0.4, -0.2) is 12.0 Å². The second-order valence-electron chi connectivity index (χ2n) is 5.48. The maximum atomic E-state index is 12.3. The van der Waals surface area contributed by atoms with Gasteiger partial charge in [-0.2, -0.15) is 0 Å². The van der Waals surface area contributed by atoms with E-state index in [4.69, 9.17) is 16.3 Å². The molecule has 0 radical (unpaired) electrons. The number of nitrogens with one attached hydrogen (secondary N) is 1. The fourth-order valence-electron chi connectivity index (χ4n) is 2.18. The summed E-state index contributed by atoms with van der Waals surface area (Å²) in [4.78, 5) is 12.3. The van der Waals surface area contributed by atoms with Crippen LogP contribution in [0.2, 0.25) is 5.02 Å². The molecule has 116 valence electrons.